The standard InChI is InChI=1S/C20H28N4O2S/c1-21(2)17-7-5-16(6-8-17)15-18-19(25)24(20(27)22(18)3)10-4-9-23-11-13-26-14-12-23/h5-8,15H,4,9-14H2,1-3H3/b18-15+. The van der Waals surface area contributed by atoms with Crippen molar-refractivity contribution in [2.75, 3.05) is 65.4 Å². The van der Waals surface area contributed by atoms with Gasteiger partial charge in [-0.1, -0.05) is 12.1 Å². The average molecular weight is 389 g/mol. The number of ether oxygens (including phenoxy) is 1. The van der Waals surface area contributed by atoms with Crippen LogP contribution in [0.5, 0.6) is 0 Å². The second-order valence-corrected chi connectivity index (χ2v) is 7.49. The van der Waals surface area contributed by atoms with Gasteiger partial charge in [0.25, 0.3) is 5.91 Å². The smallest absolute Gasteiger partial charge is 0.276 e. The lowest BCUT2D eigenvalue weighted by Crippen LogP contribution is -2.39. The number of carbonyl (C=O) groups is 1. The summed E-state index contributed by atoms with van der Waals surface area (Å²) in [5, 5.41) is 0.582. The van der Waals surface area contributed by atoms with Crippen molar-refractivity contribution in [3.8, 4) is 0 Å². The topological polar surface area (TPSA) is 39.3 Å². The Morgan fingerprint density at radius 1 is 1.15 bits per heavy atom. The third-order valence-electron chi connectivity index (χ3n) is 5.02. The van der Waals surface area contributed by atoms with Gasteiger partial charge in [0.1, 0.15) is 5.70 Å². The van der Waals surface area contributed by atoms with E-state index in [2.05, 4.69) is 9.80 Å². The monoisotopic (exact) mass is 388 g/mol. The second kappa shape index (κ2) is 8.82. The first kappa shape index (κ1) is 19.8. The van der Waals surface area contributed by atoms with Crippen LogP contribution in [0.25, 0.3) is 6.08 Å². The summed E-state index contributed by atoms with van der Waals surface area (Å²) in [6.07, 6.45) is 2.82. The normalized spacial score (nSPS) is 20.0. The van der Waals surface area contributed by atoms with Crippen LogP contribution < -0.4 is 4.90 Å². The van der Waals surface area contributed by atoms with Gasteiger partial charge in [0.15, 0.2) is 5.11 Å². The van der Waals surface area contributed by atoms with Gasteiger partial charge in [0.2, 0.25) is 0 Å². The van der Waals surface area contributed by atoms with Gasteiger partial charge in [0, 0.05) is 53.0 Å². The molecule has 2 aliphatic rings. The maximum Gasteiger partial charge on any atom is 0.276 e. The van der Waals surface area contributed by atoms with Crippen molar-refractivity contribution in [1.82, 2.24) is 14.7 Å². The molecule has 1 aromatic rings. The summed E-state index contributed by atoms with van der Waals surface area (Å²) >= 11 is 5.51. The number of benzene rings is 1. The molecule has 7 heteroatoms. The minimum Gasteiger partial charge on any atom is -0.379 e. The molecule has 1 aromatic carbocycles. The second-order valence-electron chi connectivity index (χ2n) is 7.12. The maximum atomic E-state index is 12.9. The Morgan fingerprint density at radius 3 is 2.44 bits per heavy atom. The fourth-order valence-corrected chi connectivity index (χ4v) is 3.58. The molecule has 27 heavy (non-hydrogen) atoms. The first-order valence-electron chi connectivity index (χ1n) is 9.36. The number of morpholine rings is 1. The Kier molecular flexibility index (Phi) is 6.46. The fourth-order valence-electron chi connectivity index (χ4n) is 3.31. The first-order chi connectivity index (χ1) is 13.0. The molecule has 0 spiro atoms. The summed E-state index contributed by atoms with van der Waals surface area (Å²) < 4.78 is 5.37. The van der Waals surface area contributed by atoms with Crippen molar-refractivity contribution < 1.29 is 9.53 Å². The number of thiocarbonyl (C=S) groups is 1. The zero-order valence-electron chi connectivity index (χ0n) is 16.4. The number of hydrogen-bond donors (Lipinski definition) is 0. The molecule has 0 bridgehead atoms. The van der Waals surface area contributed by atoms with E-state index in [0.29, 0.717) is 17.4 Å². The molecule has 1 amide bonds. The highest BCUT2D eigenvalue weighted by atomic mass is 32.1. The summed E-state index contributed by atoms with van der Waals surface area (Å²) in [6, 6.07) is 8.13. The Labute approximate surface area is 167 Å². The van der Waals surface area contributed by atoms with E-state index in [-0.39, 0.29) is 5.91 Å². The number of rotatable bonds is 6. The highest BCUT2D eigenvalue weighted by Crippen LogP contribution is 2.23. The number of likely N-dealkylation sites (N-methyl/N-ethyl adjacent to an activating group) is 1. The minimum atomic E-state index is -0.0128. The van der Waals surface area contributed by atoms with Gasteiger partial charge in [-0.2, -0.15) is 0 Å². The Morgan fingerprint density at radius 2 is 1.81 bits per heavy atom. The number of hydrogen-bond acceptors (Lipinski definition) is 5. The Bertz CT molecular complexity index is 711. The quantitative estimate of drug-likeness (QED) is 0.547. The molecule has 2 aliphatic heterocycles. The molecule has 0 saturated carbocycles. The summed E-state index contributed by atoms with van der Waals surface area (Å²) in [5.41, 5.74) is 2.75. The van der Waals surface area contributed by atoms with Crippen LogP contribution in [0.15, 0.2) is 30.0 Å². The predicted octanol–water partition coefficient (Wildman–Crippen LogP) is 1.87. The van der Waals surface area contributed by atoms with Gasteiger partial charge in [0.05, 0.1) is 13.2 Å². The molecule has 2 heterocycles. The Hall–Kier alpha value is -1.96. The van der Waals surface area contributed by atoms with Gasteiger partial charge < -0.3 is 14.5 Å². The van der Waals surface area contributed by atoms with Crippen LogP contribution in [-0.4, -0.2) is 86.3 Å². The lowest BCUT2D eigenvalue weighted by Gasteiger charge is -2.27. The molecule has 0 unspecified atom stereocenters. The number of anilines is 1. The molecular weight excluding hydrogens is 360 g/mol. The van der Waals surface area contributed by atoms with Gasteiger partial charge >= 0.3 is 0 Å². The number of nitrogens with zero attached hydrogens (tertiary/aromatic N) is 4. The molecule has 3 rings (SSSR count). The fraction of sp³-hybridized carbons (Fsp3) is 0.500. The molecule has 0 aromatic heterocycles. The molecule has 0 radical (unpaired) electrons. The zero-order valence-corrected chi connectivity index (χ0v) is 17.2. The molecule has 0 N–H and O–H groups in total. The van der Waals surface area contributed by atoms with Crippen LogP contribution in [0.1, 0.15) is 12.0 Å². The van der Waals surface area contributed by atoms with E-state index >= 15 is 0 Å². The highest BCUT2D eigenvalue weighted by molar-refractivity contribution is 7.80. The van der Waals surface area contributed by atoms with Crippen LogP contribution in [0.3, 0.4) is 0 Å². The lowest BCUT2D eigenvalue weighted by atomic mass is 10.1. The molecular formula is C20H28N4O2S. The molecule has 6 nitrogen and oxygen atoms in total. The van der Waals surface area contributed by atoms with E-state index < -0.39 is 0 Å². The van der Waals surface area contributed by atoms with Crippen LogP contribution in [0, 0.1) is 0 Å². The van der Waals surface area contributed by atoms with Gasteiger partial charge in [-0.05, 0) is 42.4 Å². The van der Waals surface area contributed by atoms with Crippen molar-refractivity contribution in [1.29, 1.82) is 0 Å². The van der Waals surface area contributed by atoms with E-state index in [1.54, 1.807) is 4.90 Å². The number of amides is 1. The third kappa shape index (κ3) is 4.66. The van der Waals surface area contributed by atoms with Crippen LogP contribution in [-0.2, 0) is 9.53 Å². The van der Waals surface area contributed by atoms with E-state index in [9.17, 15) is 4.79 Å². The van der Waals surface area contributed by atoms with E-state index in [1.165, 1.54) is 0 Å². The Balaban J connectivity index is 1.63. The van der Waals surface area contributed by atoms with Crippen LogP contribution >= 0.6 is 12.2 Å². The SMILES string of the molecule is CN1C(=S)N(CCCN2CCOCC2)C(=O)/C1=C\c1ccc(N(C)C)cc1. The molecule has 2 saturated heterocycles. The first-order valence-corrected chi connectivity index (χ1v) is 9.77. The van der Waals surface area contributed by atoms with Crippen molar-refractivity contribution in [2.45, 2.75) is 6.42 Å². The van der Waals surface area contributed by atoms with Crippen LogP contribution in [0.2, 0.25) is 0 Å². The highest BCUT2D eigenvalue weighted by Gasteiger charge is 2.35. The third-order valence-corrected chi connectivity index (χ3v) is 5.51. The lowest BCUT2D eigenvalue weighted by molar-refractivity contribution is -0.122. The van der Waals surface area contributed by atoms with Crippen molar-refractivity contribution in [3.05, 3.63) is 35.5 Å². The van der Waals surface area contributed by atoms with Crippen LogP contribution in [0.4, 0.5) is 5.69 Å². The molecule has 0 atom stereocenters. The molecule has 0 aliphatic carbocycles. The maximum absolute atomic E-state index is 12.9. The van der Waals surface area contributed by atoms with E-state index in [4.69, 9.17) is 17.0 Å². The summed E-state index contributed by atoms with van der Waals surface area (Å²) in [4.78, 5) is 20.8. The zero-order chi connectivity index (χ0) is 19.4. The predicted molar refractivity (Wildman–Crippen MR) is 113 cm³/mol. The summed E-state index contributed by atoms with van der Waals surface area (Å²) in [6.45, 7) is 5.13. The average Bonchev–Trinajstić information content (AvgIpc) is 2.87. The van der Waals surface area contributed by atoms with Gasteiger partial charge in [-0.15, -0.1) is 0 Å². The van der Waals surface area contributed by atoms with Crippen molar-refractivity contribution >= 4 is 35.0 Å². The molecule has 2 fully saturated rings. The molecule has 146 valence electrons. The summed E-state index contributed by atoms with van der Waals surface area (Å²) in [5.74, 6) is -0.0128. The largest absolute Gasteiger partial charge is 0.379 e. The van der Waals surface area contributed by atoms with Gasteiger partial charge in [-0.3, -0.25) is 14.6 Å². The minimum absolute atomic E-state index is 0.0128. The van der Waals surface area contributed by atoms with Crippen molar-refractivity contribution in [2.24, 2.45) is 0 Å². The van der Waals surface area contributed by atoms with E-state index in [0.717, 1.165) is 50.5 Å². The number of carbonyl (C=O) groups excluding carboxylic acids is 1. The van der Waals surface area contributed by atoms with Gasteiger partial charge in [-0.25, -0.2) is 0 Å². The summed E-state index contributed by atoms with van der Waals surface area (Å²) in [7, 11) is 5.88. The van der Waals surface area contributed by atoms with E-state index in [1.807, 2.05) is 56.4 Å². The van der Waals surface area contributed by atoms with Crippen molar-refractivity contribution in [3.63, 3.8) is 0 Å².